The van der Waals surface area contributed by atoms with Crippen LogP contribution in [0.15, 0.2) is 12.1 Å². The number of aromatic hydroxyl groups is 1. The second-order valence-electron chi connectivity index (χ2n) is 5.88. The summed E-state index contributed by atoms with van der Waals surface area (Å²) in [4.78, 5) is 12.5. The summed E-state index contributed by atoms with van der Waals surface area (Å²) in [5.41, 5.74) is 1.12. The Morgan fingerprint density at radius 2 is 2.00 bits per heavy atom. The highest BCUT2D eigenvalue weighted by atomic mass is 16.5. The van der Waals surface area contributed by atoms with Gasteiger partial charge in [-0.3, -0.25) is 0 Å². The maximum atomic E-state index is 12.5. The van der Waals surface area contributed by atoms with Gasteiger partial charge in [-0.2, -0.15) is 0 Å². The lowest BCUT2D eigenvalue weighted by atomic mass is 9.97. The summed E-state index contributed by atoms with van der Waals surface area (Å²) < 4.78 is 10.7. The van der Waals surface area contributed by atoms with Crippen molar-refractivity contribution in [3.63, 3.8) is 0 Å². The molecule has 1 aromatic carbocycles. The molecule has 0 spiro atoms. The maximum Gasteiger partial charge on any atom is 0.342 e. The van der Waals surface area contributed by atoms with Crippen LogP contribution in [0.2, 0.25) is 0 Å². The third kappa shape index (κ3) is 4.13. The van der Waals surface area contributed by atoms with Gasteiger partial charge in [0.05, 0.1) is 19.3 Å². The molecule has 1 aliphatic heterocycles. The molecule has 22 heavy (non-hydrogen) atoms. The monoisotopic (exact) mass is 308 g/mol. The maximum absolute atomic E-state index is 12.5. The van der Waals surface area contributed by atoms with Crippen LogP contribution in [-0.2, 0) is 11.2 Å². The van der Waals surface area contributed by atoms with E-state index in [1.54, 1.807) is 6.07 Å². The van der Waals surface area contributed by atoms with E-state index in [9.17, 15) is 15.0 Å². The van der Waals surface area contributed by atoms with Crippen LogP contribution >= 0.6 is 0 Å². The Balaban J connectivity index is 2.34. The molecule has 0 saturated carbocycles. The molecule has 2 atom stereocenters. The van der Waals surface area contributed by atoms with Crippen molar-refractivity contribution in [2.75, 3.05) is 7.11 Å². The minimum absolute atomic E-state index is 0.0728. The molecule has 1 heterocycles. The first kappa shape index (κ1) is 16.6. The average molecular weight is 308 g/mol. The lowest BCUT2D eigenvalue weighted by molar-refractivity contribution is 0.0273. The molecule has 5 nitrogen and oxygen atoms in total. The summed E-state index contributed by atoms with van der Waals surface area (Å²) in [6, 6.07) is 3.02. The Hall–Kier alpha value is -1.75. The van der Waals surface area contributed by atoms with Crippen LogP contribution < -0.4 is 4.74 Å². The van der Waals surface area contributed by atoms with E-state index in [1.165, 1.54) is 13.2 Å². The van der Waals surface area contributed by atoms with Gasteiger partial charge in [-0.1, -0.05) is 6.42 Å². The normalized spacial score (nSPS) is 23.7. The van der Waals surface area contributed by atoms with Crippen LogP contribution in [-0.4, -0.2) is 35.5 Å². The third-order valence-corrected chi connectivity index (χ3v) is 4.04. The molecule has 1 unspecified atom stereocenters. The zero-order chi connectivity index (χ0) is 16.1. The fourth-order valence-electron chi connectivity index (χ4n) is 2.81. The van der Waals surface area contributed by atoms with E-state index in [2.05, 4.69) is 0 Å². The second-order valence-corrected chi connectivity index (χ2v) is 5.88. The van der Waals surface area contributed by atoms with Gasteiger partial charge in [0.2, 0.25) is 0 Å². The smallest absolute Gasteiger partial charge is 0.342 e. The number of carbonyl (C=O) groups is 1. The summed E-state index contributed by atoms with van der Waals surface area (Å²) in [7, 11) is 1.47. The molecule has 1 aromatic rings. The van der Waals surface area contributed by atoms with E-state index in [1.807, 2.05) is 6.92 Å². The summed E-state index contributed by atoms with van der Waals surface area (Å²) in [5.74, 6) is -0.0257. The SMILES string of the molecule is COc1cc(O)cc2c1C(=O)O[C@H](C)CCC(O)CCCC2. The van der Waals surface area contributed by atoms with Crippen molar-refractivity contribution in [2.45, 2.75) is 57.7 Å². The average Bonchev–Trinajstić information content (AvgIpc) is 2.47. The van der Waals surface area contributed by atoms with Crippen molar-refractivity contribution in [3.05, 3.63) is 23.3 Å². The standard InChI is InChI=1S/C17H24O5/c1-11-7-8-13(18)6-4-3-5-12-9-14(19)10-15(21-2)16(12)17(20)22-11/h9-11,13,18-19H,3-8H2,1-2H3/t11-,13?/m1/s1. The molecule has 0 bridgehead atoms. The number of phenolic OH excluding ortho intramolecular Hbond substituents is 1. The van der Waals surface area contributed by atoms with Gasteiger partial charge in [-0.05, 0) is 50.7 Å². The van der Waals surface area contributed by atoms with Crippen LogP contribution in [0.4, 0.5) is 0 Å². The van der Waals surface area contributed by atoms with E-state index in [0.717, 1.165) is 24.8 Å². The van der Waals surface area contributed by atoms with Gasteiger partial charge in [0.15, 0.2) is 0 Å². The second kappa shape index (κ2) is 7.49. The number of fused-ring (bicyclic) bond motifs is 1. The number of benzene rings is 1. The predicted molar refractivity (Wildman–Crippen MR) is 82.3 cm³/mol. The fourth-order valence-corrected chi connectivity index (χ4v) is 2.81. The molecule has 0 radical (unpaired) electrons. The molecule has 0 amide bonds. The van der Waals surface area contributed by atoms with Crippen molar-refractivity contribution in [2.24, 2.45) is 0 Å². The molecule has 0 fully saturated rings. The number of phenols is 1. The predicted octanol–water partition coefficient (Wildman–Crippen LogP) is 2.81. The Bertz CT molecular complexity index is 526. The first-order valence-corrected chi connectivity index (χ1v) is 7.80. The van der Waals surface area contributed by atoms with Crippen molar-refractivity contribution in [1.29, 1.82) is 0 Å². The number of methoxy groups -OCH3 is 1. The quantitative estimate of drug-likeness (QED) is 0.780. The summed E-state index contributed by atoms with van der Waals surface area (Å²) in [6.07, 6.45) is 3.73. The molecular weight excluding hydrogens is 284 g/mol. The van der Waals surface area contributed by atoms with E-state index in [4.69, 9.17) is 9.47 Å². The zero-order valence-corrected chi connectivity index (χ0v) is 13.2. The van der Waals surface area contributed by atoms with Crippen LogP contribution in [0.3, 0.4) is 0 Å². The van der Waals surface area contributed by atoms with Gasteiger partial charge in [0.1, 0.15) is 17.1 Å². The summed E-state index contributed by atoms with van der Waals surface area (Å²) in [6.45, 7) is 1.82. The molecule has 5 heteroatoms. The number of esters is 1. The highest BCUT2D eigenvalue weighted by Crippen LogP contribution is 2.31. The number of hydrogen-bond donors (Lipinski definition) is 2. The Kier molecular flexibility index (Phi) is 5.66. The van der Waals surface area contributed by atoms with Crippen molar-refractivity contribution >= 4 is 5.97 Å². The van der Waals surface area contributed by atoms with Gasteiger partial charge < -0.3 is 19.7 Å². The van der Waals surface area contributed by atoms with E-state index < -0.39 is 5.97 Å². The van der Waals surface area contributed by atoms with Gasteiger partial charge in [-0.25, -0.2) is 4.79 Å². The van der Waals surface area contributed by atoms with Gasteiger partial charge in [0.25, 0.3) is 0 Å². The lowest BCUT2D eigenvalue weighted by Crippen LogP contribution is -2.20. The number of aliphatic hydroxyl groups is 1. The van der Waals surface area contributed by atoms with E-state index >= 15 is 0 Å². The van der Waals surface area contributed by atoms with Crippen LogP contribution in [0.25, 0.3) is 0 Å². The largest absolute Gasteiger partial charge is 0.508 e. The summed E-state index contributed by atoms with van der Waals surface area (Å²) >= 11 is 0. The Labute approximate surface area is 130 Å². The zero-order valence-electron chi connectivity index (χ0n) is 13.2. The fraction of sp³-hybridized carbons (Fsp3) is 0.588. The van der Waals surface area contributed by atoms with Crippen molar-refractivity contribution in [1.82, 2.24) is 0 Å². The lowest BCUT2D eigenvalue weighted by Gasteiger charge is -2.20. The molecule has 0 saturated heterocycles. The van der Waals surface area contributed by atoms with Crippen molar-refractivity contribution < 1.29 is 24.5 Å². The number of cyclic esters (lactones) is 1. The topological polar surface area (TPSA) is 76.0 Å². The van der Waals surface area contributed by atoms with E-state index in [0.29, 0.717) is 30.6 Å². The minimum atomic E-state index is -0.436. The van der Waals surface area contributed by atoms with Gasteiger partial charge >= 0.3 is 5.97 Å². The molecule has 2 rings (SSSR count). The van der Waals surface area contributed by atoms with Gasteiger partial charge in [-0.15, -0.1) is 0 Å². The Morgan fingerprint density at radius 1 is 1.23 bits per heavy atom. The highest BCUT2D eigenvalue weighted by Gasteiger charge is 2.23. The highest BCUT2D eigenvalue weighted by molar-refractivity contribution is 5.94. The number of aliphatic hydroxyl groups excluding tert-OH is 1. The number of hydrogen-bond acceptors (Lipinski definition) is 5. The molecule has 0 aromatic heterocycles. The first-order valence-electron chi connectivity index (χ1n) is 7.80. The first-order chi connectivity index (χ1) is 10.5. The molecular formula is C17H24O5. The summed E-state index contributed by atoms with van der Waals surface area (Å²) in [5, 5.41) is 19.7. The van der Waals surface area contributed by atoms with Crippen LogP contribution in [0.1, 0.15) is 54.9 Å². The van der Waals surface area contributed by atoms with Gasteiger partial charge in [0, 0.05) is 6.07 Å². The molecule has 0 aliphatic carbocycles. The molecule has 1 aliphatic rings. The number of ether oxygens (including phenoxy) is 2. The van der Waals surface area contributed by atoms with E-state index in [-0.39, 0.29) is 18.0 Å². The number of aryl methyl sites for hydroxylation is 1. The molecule has 122 valence electrons. The number of carbonyl (C=O) groups excluding carboxylic acids is 1. The number of rotatable bonds is 1. The molecule has 2 N–H and O–H groups in total. The minimum Gasteiger partial charge on any atom is -0.508 e. The van der Waals surface area contributed by atoms with Crippen LogP contribution in [0, 0.1) is 0 Å². The third-order valence-electron chi connectivity index (χ3n) is 4.04. The Morgan fingerprint density at radius 3 is 2.73 bits per heavy atom. The van der Waals surface area contributed by atoms with Crippen molar-refractivity contribution in [3.8, 4) is 11.5 Å². The van der Waals surface area contributed by atoms with Crippen LogP contribution in [0.5, 0.6) is 11.5 Å².